The molecule has 7 heteroatoms. The van der Waals surface area contributed by atoms with Gasteiger partial charge >= 0.3 is 5.97 Å². The van der Waals surface area contributed by atoms with Crippen molar-refractivity contribution in [3.63, 3.8) is 0 Å². The summed E-state index contributed by atoms with van der Waals surface area (Å²) >= 11 is 5.89. The van der Waals surface area contributed by atoms with Gasteiger partial charge in [-0.1, -0.05) is 45.9 Å². The zero-order valence-electron chi connectivity index (χ0n) is 18.1. The number of carbonyl (C=O) groups excluding carboxylic acids is 3. The Morgan fingerprint density at radius 2 is 1.69 bits per heavy atom. The van der Waals surface area contributed by atoms with E-state index in [4.69, 9.17) is 16.3 Å². The number of hydrogen-bond acceptors (Lipinski definition) is 4. The average Bonchev–Trinajstić information content (AvgIpc) is 2.58. The highest BCUT2D eigenvalue weighted by atomic mass is 35.5. The third-order valence-corrected chi connectivity index (χ3v) is 4.66. The minimum absolute atomic E-state index is 0.00434. The molecule has 0 saturated heterocycles. The third kappa shape index (κ3) is 9.31. The van der Waals surface area contributed by atoms with Gasteiger partial charge in [-0.25, -0.2) is 5.01 Å². The average molecular weight is 425 g/mol. The van der Waals surface area contributed by atoms with Crippen molar-refractivity contribution >= 4 is 35.1 Å². The second-order valence-corrected chi connectivity index (χ2v) is 9.08. The smallest absolute Gasteiger partial charge is 0.315 e. The van der Waals surface area contributed by atoms with E-state index in [2.05, 4.69) is 19.3 Å². The first-order valence-corrected chi connectivity index (χ1v) is 10.4. The molecular formula is C22H33ClN2O4. The summed E-state index contributed by atoms with van der Waals surface area (Å²) in [5, 5.41) is 1.12. The fourth-order valence-corrected chi connectivity index (χ4v) is 4.08. The van der Waals surface area contributed by atoms with Crippen molar-refractivity contribution in [1.29, 1.82) is 0 Å². The molecule has 0 saturated carbocycles. The maximum atomic E-state index is 12.8. The molecule has 162 valence electrons. The number of amides is 2. The normalized spacial score (nSPS) is 11.7. The van der Waals surface area contributed by atoms with Gasteiger partial charge in [-0.15, -0.1) is 11.6 Å². The zero-order chi connectivity index (χ0) is 22.1. The van der Waals surface area contributed by atoms with Crippen molar-refractivity contribution in [2.75, 3.05) is 17.5 Å². The Bertz CT molecular complexity index is 689. The van der Waals surface area contributed by atoms with Crippen LogP contribution in [0.4, 0.5) is 5.69 Å². The van der Waals surface area contributed by atoms with Gasteiger partial charge in [-0.2, -0.15) is 0 Å². The van der Waals surface area contributed by atoms with Crippen LogP contribution in [0.25, 0.3) is 0 Å². The van der Waals surface area contributed by atoms with Crippen LogP contribution in [-0.2, 0) is 19.1 Å². The number of hydrogen-bond donors (Lipinski definition) is 1. The van der Waals surface area contributed by atoms with Gasteiger partial charge in [0.1, 0.15) is 6.42 Å². The summed E-state index contributed by atoms with van der Waals surface area (Å²) in [6, 6.07) is 8.70. The summed E-state index contributed by atoms with van der Waals surface area (Å²) in [5.74, 6) is -0.906. The lowest BCUT2D eigenvalue weighted by Gasteiger charge is -2.35. The highest BCUT2D eigenvalue weighted by molar-refractivity contribution is 6.17. The maximum Gasteiger partial charge on any atom is 0.315 e. The SMILES string of the molecule is CCOC(=O)CC(=O)N(NC(=O)CC(C)(C)CC(C)(C)CCCl)c1ccccc1. The number of benzene rings is 1. The number of alkyl halides is 1. The van der Waals surface area contributed by atoms with Gasteiger partial charge in [-0.05, 0) is 42.7 Å². The maximum absolute atomic E-state index is 12.8. The number of rotatable bonds is 10. The van der Waals surface area contributed by atoms with Crippen LogP contribution in [0.2, 0.25) is 0 Å². The molecule has 0 heterocycles. The van der Waals surface area contributed by atoms with Crippen molar-refractivity contribution in [3.05, 3.63) is 30.3 Å². The van der Waals surface area contributed by atoms with E-state index in [1.54, 1.807) is 37.3 Å². The van der Waals surface area contributed by atoms with Crippen LogP contribution >= 0.6 is 11.6 Å². The first-order valence-electron chi connectivity index (χ1n) is 9.89. The van der Waals surface area contributed by atoms with Crippen molar-refractivity contribution in [2.24, 2.45) is 10.8 Å². The van der Waals surface area contributed by atoms with E-state index in [1.165, 1.54) is 0 Å². The van der Waals surface area contributed by atoms with E-state index in [9.17, 15) is 14.4 Å². The molecule has 1 aromatic carbocycles. The molecule has 1 N–H and O–H groups in total. The Labute approximate surface area is 178 Å². The molecule has 0 bridgehead atoms. The molecule has 0 aliphatic carbocycles. The van der Waals surface area contributed by atoms with E-state index in [1.807, 2.05) is 13.8 Å². The van der Waals surface area contributed by atoms with Crippen molar-refractivity contribution in [3.8, 4) is 0 Å². The highest BCUT2D eigenvalue weighted by Crippen LogP contribution is 2.38. The van der Waals surface area contributed by atoms with Crippen LogP contribution in [0.5, 0.6) is 0 Å². The predicted octanol–water partition coefficient (Wildman–Crippen LogP) is 4.47. The Kier molecular flexibility index (Phi) is 9.63. The molecule has 0 aromatic heterocycles. The predicted molar refractivity (Wildman–Crippen MR) is 115 cm³/mol. The van der Waals surface area contributed by atoms with E-state index < -0.39 is 18.3 Å². The van der Waals surface area contributed by atoms with Crippen LogP contribution in [-0.4, -0.2) is 30.3 Å². The van der Waals surface area contributed by atoms with E-state index >= 15 is 0 Å². The lowest BCUT2D eigenvalue weighted by Crippen LogP contribution is -2.48. The fourth-order valence-electron chi connectivity index (χ4n) is 3.56. The minimum Gasteiger partial charge on any atom is -0.466 e. The van der Waals surface area contributed by atoms with E-state index in [0.29, 0.717) is 11.6 Å². The van der Waals surface area contributed by atoms with Gasteiger partial charge in [0.2, 0.25) is 5.91 Å². The topological polar surface area (TPSA) is 75.7 Å². The van der Waals surface area contributed by atoms with E-state index in [-0.39, 0.29) is 29.8 Å². The molecule has 1 aromatic rings. The lowest BCUT2D eigenvalue weighted by molar-refractivity contribution is -0.146. The standard InChI is InChI=1S/C22H33ClN2O4/c1-6-29-20(28)14-19(27)25(17-10-8-7-9-11-17)24-18(26)15-22(4,5)16-21(2,3)12-13-23/h7-11H,6,12-16H2,1-5H3,(H,24,26). The number of halogens is 1. The summed E-state index contributed by atoms with van der Waals surface area (Å²) in [7, 11) is 0. The van der Waals surface area contributed by atoms with Gasteiger partial charge in [0.05, 0.1) is 12.3 Å². The molecule has 0 aliphatic rings. The van der Waals surface area contributed by atoms with Gasteiger partial charge in [0.25, 0.3) is 5.91 Å². The first-order chi connectivity index (χ1) is 13.5. The van der Waals surface area contributed by atoms with Crippen molar-refractivity contribution in [1.82, 2.24) is 5.43 Å². The summed E-state index contributed by atoms with van der Waals surface area (Å²) < 4.78 is 4.85. The number of ether oxygens (including phenoxy) is 1. The summed E-state index contributed by atoms with van der Waals surface area (Å²) in [4.78, 5) is 37.1. The van der Waals surface area contributed by atoms with Gasteiger partial charge < -0.3 is 4.74 Å². The second-order valence-electron chi connectivity index (χ2n) is 8.70. The number of hydrazine groups is 1. The third-order valence-electron chi connectivity index (χ3n) is 4.47. The number of anilines is 1. The number of para-hydroxylation sites is 1. The van der Waals surface area contributed by atoms with E-state index in [0.717, 1.165) is 17.9 Å². The molecule has 0 spiro atoms. The first kappa shape index (κ1) is 25.0. The zero-order valence-corrected chi connectivity index (χ0v) is 18.8. The van der Waals surface area contributed by atoms with Crippen LogP contribution in [0.3, 0.4) is 0 Å². The monoisotopic (exact) mass is 424 g/mol. The van der Waals surface area contributed by atoms with Gasteiger partial charge in [-0.3, -0.25) is 19.8 Å². The van der Waals surface area contributed by atoms with Crippen LogP contribution in [0.1, 0.15) is 60.3 Å². The van der Waals surface area contributed by atoms with Crippen LogP contribution in [0.15, 0.2) is 30.3 Å². The Balaban J connectivity index is 2.89. The molecule has 0 fully saturated rings. The molecule has 29 heavy (non-hydrogen) atoms. The summed E-state index contributed by atoms with van der Waals surface area (Å²) in [6.45, 7) is 10.2. The molecule has 0 atom stereocenters. The number of nitrogens with one attached hydrogen (secondary N) is 1. The molecule has 0 unspecified atom stereocenters. The largest absolute Gasteiger partial charge is 0.466 e. The van der Waals surface area contributed by atoms with Gasteiger partial charge in [0, 0.05) is 12.3 Å². The lowest BCUT2D eigenvalue weighted by atomic mass is 9.72. The number of carbonyl (C=O) groups is 3. The molecule has 1 rings (SSSR count). The van der Waals surface area contributed by atoms with Gasteiger partial charge in [0.15, 0.2) is 0 Å². The number of nitrogens with zero attached hydrogens (tertiary/aromatic N) is 1. The second kappa shape index (κ2) is 11.2. The quantitative estimate of drug-likeness (QED) is 0.260. The minimum atomic E-state index is -0.629. The highest BCUT2D eigenvalue weighted by Gasteiger charge is 2.31. The Morgan fingerprint density at radius 1 is 1.07 bits per heavy atom. The molecule has 0 aliphatic heterocycles. The Hall–Kier alpha value is -2.08. The molecular weight excluding hydrogens is 392 g/mol. The fraction of sp³-hybridized carbons (Fsp3) is 0.591. The molecule has 2 amide bonds. The van der Waals surface area contributed by atoms with Crippen molar-refractivity contribution < 1.29 is 19.1 Å². The summed E-state index contributed by atoms with van der Waals surface area (Å²) in [5.41, 5.74) is 2.87. The molecule has 0 radical (unpaired) electrons. The van der Waals surface area contributed by atoms with Crippen molar-refractivity contribution in [2.45, 2.75) is 60.3 Å². The Morgan fingerprint density at radius 3 is 2.24 bits per heavy atom. The van der Waals surface area contributed by atoms with Crippen LogP contribution < -0.4 is 10.4 Å². The number of esters is 1. The van der Waals surface area contributed by atoms with Crippen LogP contribution in [0, 0.1) is 10.8 Å². The summed E-state index contributed by atoms with van der Waals surface area (Å²) in [6.07, 6.45) is 1.44. The molecule has 6 nitrogen and oxygen atoms in total.